The van der Waals surface area contributed by atoms with Gasteiger partial charge in [0.25, 0.3) is 0 Å². The number of benzene rings is 4. The van der Waals surface area contributed by atoms with E-state index in [1.165, 1.54) is 38.5 Å². The van der Waals surface area contributed by atoms with E-state index < -0.39 is 0 Å². The van der Waals surface area contributed by atoms with Crippen molar-refractivity contribution in [2.45, 2.75) is 52.4 Å². The fourth-order valence-corrected chi connectivity index (χ4v) is 5.91. The van der Waals surface area contributed by atoms with E-state index >= 15 is 0 Å². The van der Waals surface area contributed by atoms with Crippen molar-refractivity contribution < 1.29 is 9.47 Å². The zero-order valence-corrected chi connectivity index (χ0v) is 21.8. The minimum absolute atomic E-state index is 0.322. The largest absolute Gasteiger partial charge is 0.457 e. The molecule has 2 unspecified atom stereocenters. The average molecular weight is 476 g/mol. The number of hydrogen-bond acceptors (Lipinski definition) is 2. The Morgan fingerprint density at radius 3 is 2.33 bits per heavy atom. The van der Waals surface area contributed by atoms with Gasteiger partial charge in [0.05, 0.1) is 10.9 Å². The first-order valence-corrected chi connectivity index (χ1v) is 13.1. The predicted molar refractivity (Wildman–Crippen MR) is 149 cm³/mol. The van der Waals surface area contributed by atoms with Crippen molar-refractivity contribution in [2.24, 2.45) is 7.05 Å². The summed E-state index contributed by atoms with van der Waals surface area (Å²) in [6.45, 7) is 8.92. The van der Waals surface area contributed by atoms with Crippen LogP contribution in [0.2, 0.25) is 0 Å². The van der Waals surface area contributed by atoms with Crippen LogP contribution in [0.4, 0.5) is 0 Å². The van der Waals surface area contributed by atoms with E-state index in [0.29, 0.717) is 11.8 Å². The van der Waals surface area contributed by atoms with Crippen molar-refractivity contribution >= 4 is 21.8 Å². The first-order valence-electron chi connectivity index (χ1n) is 13.1. The van der Waals surface area contributed by atoms with Gasteiger partial charge in [-0.05, 0) is 61.6 Å². The molecule has 0 spiro atoms. The molecule has 3 nitrogen and oxygen atoms in total. The van der Waals surface area contributed by atoms with Crippen LogP contribution in [0, 0.1) is 6.92 Å². The maximum absolute atomic E-state index is 6.74. The predicted octanol–water partition coefficient (Wildman–Crippen LogP) is 9.59. The SMILES string of the molecule is CCC(C)c1c(Oc2ccccc2C)ccc2c1c1c3c(ccc1n2C)C(CC)c1ccccc1O3. The highest BCUT2D eigenvalue weighted by Gasteiger charge is 2.30. The van der Waals surface area contributed by atoms with Crippen molar-refractivity contribution in [1.29, 1.82) is 0 Å². The van der Waals surface area contributed by atoms with Crippen LogP contribution < -0.4 is 9.47 Å². The van der Waals surface area contributed by atoms with Gasteiger partial charge in [-0.3, -0.25) is 0 Å². The number of fused-ring (bicyclic) bond motifs is 6. The van der Waals surface area contributed by atoms with Crippen LogP contribution in [-0.2, 0) is 7.05 Å². The Balaban J connectivity index is 1.68. The summed E-state index contributed by atoms with van der Waals surface area (Å²) in [5.74, 6) is 4.45. The molecule has 2 heterocycles. The lowest BCUT2D eigenvalue weighted by atomic mass is 9.84. The van der Waals surface area contributed by atoms with Crippen molar-refractivity contribution in [3.8, 4) is 23.0 Å². The normalized spacial score (nSPS) is 15.4. The standard InChI is InChI=1S/C33H33NO2/c1-6-20(3)30-29(35-27-14-10-8-12-21(27)4)19-18-25-31(30)32-26(34(25)5)17-16-24-22(7-2)23-13-9-11-15-28(23)36-33(24)32/h8-20,22H,6-7H2,1-5H3. The average Bonchev–Trinajstić information content (AvgIpc) is 3.20. The van der Waals surface area contributed by atoms with Gasteiger partial charge in [0.15, 0.2) is 0 Å². The molecule has 0 saturated heterocycles. The van der Waals surface area contributed by atoms with Crippen LogP contribution in [0.1, 0.15) is 67.7 Å². The number of para-hydroxylation sites is 2. The Bertz CT molecular complexity index is 1610. The first-order chi connectivity index (χ1) is 17.5. The van der Waals surface area contributed by atoms with Crippen molar-refractivity contribution in [3.63, 3.8) is 0 Å². The van der Waals surface area contributed by atoms with Crippen molar-refractivity contribution in [3.05, 3.63) is 95.1 Å². The molecule has 0 amide bonds. The smallest absolute Gasteiger partial charge is 0.141 e. The Labute approximate surface area is 213 Å². The molecule has 0 saturated carbocycles. The van der Waals surface area contributed by atoms with E-state index in [1.807, 2.05) is 6.07 Å². The summed E-state index contributed by atoms with van der Waals surface area (Å²) in [6.07, 6.45) is 2.06. The lowest BCUT2D eigenvalue weighted by Crippen LogP contribution is -2.10. The summed E-state index contributed by atoms with van der Waals surface area (Å²) in [6, 6.07) is 25.6. The van der Waals surface area contributed by atoms with Gasteiger partial charge < -0.3 is 14.0 Å². The summed E-state index contributed by atoms with van der Waals surface area (Å²) in [5.41, 5.74) is 7.34. The lowest BCUT2D eigenvalue weighted by molar-refractivity contribution is 0.449. The summed E-state index contributed by atoms with van der Waals surface area (Å²) in [4.78, 5) is 0. The summed E-state index contributed by atoms with van der Waals surface area (Å²) >= 11 is 0. The van der Waals surface area contributed by atoms with Crippen molar-refractivity contribution in [2.75, 3.05) is 0 Å². The molecule has 5 aromatic rings. The lowest BCUT2D eigenvalue weighted by Gasteiger charge is -2.28. The highest BCUT2D eigenvalue weighted by atomic mass is 16.5. The molecule has 6 rings (SSSR count). The van der Waals surface area contributed by atoms with E-state index in [2.05, 4.69) is 106 Å². The number of aromatic nitrogens is 1. The van der Waals surface area contributed by atoms with Gasteiger partial charge >= 0.3 is 0 Å². The molecule has 0 radical (unpaired) electrons. The Morgan fingerprint density at radius 1 is 0.833 bits per heavy atom. The fraction of sp³-hybridized carbons (Fsp3) is 0.273. The second kappa shape index (κ2) is 8.74. The second-order valence-electron chi connectivity index (χ2n) is 10.1. The number of rotatable bonds is 5. The third kappa shape index (κ3) is 3.33. The molecule has 36 heavy (non-hydrogen) atoms. The van der Waals surface area contributed by atoms with Gasteiger partial charge in [-0.1, -0.05) is 63.2 Å². The molecule has 2 atom stereocenters. The molecule has 0 N–H and O–H groups in total. The van der Waals surface area contributed by atoms with E-state index in [4.69, 9.17) is 9.47 Å². The van der Waals surface area contributed by atoms with Gasteiger partial charge in [-0.2, -0.15) is 0 Å². The zero-order chi connectivity index (χ0) is 25.0. The molecule has 1 aliphatic heterocycles. The Morgan fingerprint density at radius 2 is 1.56 bits per heavy atom. The molecule has 0 bridgehead atoms. The van der Waals surface area contributed by atoms with E-state index in [-0.39, 0.29) is 0 Å². The summed E-state index contributed by atoms with van der Waals surface area (Å²) in [7, 11) is 2.16. The summed E-state index contributed by atoms with van der Waals surface area (Å²) < 4.78 is 15.7. The molecule has 1 aliphatic rings. The molecular formula is C33H33NO2. The number of ether oxygens (including phenoxy) is 2. The topological polar surface area (TPSA) is 23.4 Å². The quantitative estimate of drug-likeness (QED) is 0.253. The van der Waals surface area contributed by atoms with E-state index in [1.54, 1.807) is 0 Å². The van der Waals surface area contributed by atoms with Crippen LogP contribution in [0.5, 0.6) is 23.0 Å². The minimum atomic E-state index is 0.322. The van der Waals surface area contributed by atoms with Gasteiger partial charge in [0.2, 0.25) is 0 Å². The van der Waals surface area contributed by atoms with Crippen LogP contribution in [0.25, 0.3) is 21.8 Å². The van der Waals surface area contributed by atoms with Gasteiger partial charge in [-0.15, -0.1) is 0 Å². The molecule has 4 aromatic carbocycles. The zero-order valence-electron chi connectivity index (χ0n) is 21.8. The number of nitrogens with zero attached hydrogens (tertiary/aromatic N) is 1. The van der Waals surface area contributed by atoms with Crippen molar-refractivity contribution in [1.82, 2.24) is 4.57 Å². The van der Waals surface area contributed by atoms with E-state index in [0.717, 1.165) is 41.4 Å². The number of aryl methyl sites for hydroxylation is 2. The Kier molecular flexibility index (Phi) is 5.52. The monoisotopic (exact) mass is 475 g/mol. The molecule has 182 valence electrons. The molecular weight excluding hydrogens is 442 g/mol. The molecule has 3 heteroatoms. The fourth-order valence-electron chi connectivity index (χ4n) is 5.91. The maximum atomic E-state index is 6.74. The summed E-state index contributed by atoms with van der Waals surface area (Å²) in [5, 5.41) is 2.45. The van der Waals surface area contributed by atoms with Crippen LogP contribution in [0.15, 0.2) is 72.8 Å². The second-order valence-corrected chi connectivity index (χ2v) is 10.1. The maximum Gasteiger partial charge on any atom is 0.141 e. The first kappa shape index (κ1) is 22.7. The highest BCUT2D eigenvalue weighted by Crippen LogP contribution is 2.52. The van der Waals surface area contributed by atoms with Gasteiger partial charge in [0.1, 0.15) is 23.0 Å². The molecule has 0 fully saturated rings. The van der Waals surface area contributed by atoms with Gasteiger partial charge in [-0.25, -0.2) is 0 Å². The van der Waals surface area contributed by atoms with Gasteiger partial charge in [0, 0.05) is 40.6 Å². The molecule has 1 aromatic heterocycles. The highest BCUT2D eigenvalue weighted by molar-refractivity contribution is 6.14. The minimum Gasteiger partial charge on any atom is -0.457 e. The van der Waals surface area contributed by atoms with Crippen LogP contribution in [0.3, 0.4) is 0 Å². The van der Waals surface area contributed by atoms with E-state index in [9.17, 15) is 0 Å². The Hall–Kier alpha value is -3.72. The third-order valence-electron chi connectivity index (χ3n) is 8.03. The molecule has 0 aliphatic carbocycles. The van der Waals surface area contributed by atoms with Crippen LogP contribution >= 0.6 is 0 Å². The number of hydrogen-bond donors (Lipinski definition) is 0. The third-order valence-corrected chi connectivity index (χ3v) is 8.03. The van der Waals surface area contributed by atoms with Crippen LogP contribution in [-0.4, -0.2) is 4.57 Å².